The summed E-state index contributed by atoms with van der Waals surface area (Å²) in [6.07, 6.45) is 0.714. The van der Waals surface area contributed by atoms with E-state index in [-0.39, 0.29) is 18.3 Å². The Balaban J connectivity index is 1.57. The van der Waals surface area contributed by atoms with Crippen LogP contribution < -0.4 is 9.47 Å². The third kappa shape index (κ3) is 7.42. The Morgan fingerprint density at radius 1 is 0.943 bits per heavy atom. The van der Waals surface area contributed by atoms with Crippen LogP contribution in [0.4, 0.5) is 0 Å². The SMILES string of the molecule is CCc1ccc(OC(C)CCOc2ccc(C[C@H](OC)C(=O)O)cc2)c(C(=O)c2ccccc2)c1. The summed E-state index contributed by atoms with van der Waals surface area (Å²) in [5.74, 6) is 0.217. The molecule has 2 atom stereocenters. The van der Waals surface area contributed by atoms with Crippen LogP contribution in [0.25, 0.3) is 0 Å². The Morgan fingerprint density at radius 3 is 2.26 bits per heavy atom. The van der Waals surface area contributed by atoms with E-state index in [2.05, 4.69) is 6.92 Å². The van der Waals surface area contributed by atoms with Crippen LogP contribution in [0.5, 0.6) is 11.5 Å². The normalized spacial score (nSPS) is 12.5. The number of benzene rings is 3. The molecular weight excluding hydrogens is 444 g/mol. The molecule has 0 saturated carbocycles. The molecule has 6 heteroatoms. The number of aryl methyl sites for hydroxylation is 1. The molecule has 0 aliphatic rings. The van der Waals surface area contributed by atoms with E-state index in [0.717, 1.165) is 17.5 Å². The van der Waals surface area contributed by atoms with Gasteiger partial charge in [0, 0.05) is 25.5 Å². The first-order valence-electron chi connectivity index (χ1n) is 11.8. The molecule has 0 heterocycles. The molecule has 184 valence electrons. The van der Waals surface area contributed by atoms with Crippen molar-refractivity contribution in [1.29, 1.82) is 0 Å². The highest BCUT2D eigenvalue weighted by molar-refractivity contribution is 6.10. The summed E-state index contributed by atoms with van der Waals surface area (Å²) in [5, 5.41) is 9.11. The molecule has 1 unspecified atom stereocenters. The van der Waals surface area contributed by atoms with E-state index in [0.29, 0.717) is 35.7 Å². The van der Waals surface area contributed by atoms with Crippen molar-refractivity contribution in [1.82, 2.24) is 0 Å². The minimum atomic E-state index is -0.986. The van der Waals surface area contributed by atoms with Gasteiger partial charge in [0.05, 0.1) is 18.3 Å². The first-order valence-corrected chi connectivity index (χ1v) is 11.8. The van der Waals surface area contributed by atoms with E-state index in [1.54, 1.807) is 0 Å². The lowest BCUT2D eigenvalue weighted by atomic mass is 9.99. The standard InChI is InChI=1S/C29H32O6/c1-4-21-12-15-26(25(18-21)28(30)23-8-6-5-7-9-23)35-20(2)16-17-34-24-13-10-22(11-14-24)19-27(33-3)29(31)32/h5-15,18,20,27H,4,16-17,19H2,1-3H3,(H,31,32)/t20?,27-/m0/s1. The van der Waals surface area contributed by atoms with Crippen LogP contribution in [-0.2, 0) is 22.4 Å². The second kappa shape index (κ2) is 12.7. The predicted octanol–water partition coefficient (Wildman–Crippen LogP) is 5.36. The average molecular weight is 477 g/mol. The van der Waals surface area contributed by atoms with Gasteiger partial charge in [0.2, 0.25) is 0 Å². The maximum absolute atomic E-state index is 13.1. The van der Waals surface area contributed by atoms with Gasteiger partial charge in [-0.25, -0.2) is 4.79 Å². The molecule has 0 spiro atoms. The van der Waals surface area contributed by atoms with Gasteiger partial charge in [-0.15, -0.1) is 0 Å². The predicted molar refractivity (Wildman–Crippen MR) is 134 cm³/mol. The molecule has 0 radical (unpaired) electrons. The Morgan fingerprint density at radius 2 is 1.63 bits per heavy atom. The summed E-state index contributed by atoms with van der Waals surface area (Å²) >= 11 is 0. The molecule has 0 fully saturated rings. The van der Waals surface area contributed by atoms with E-state index in [1.165, 1.54) is 7.11 Å². The van der Waals surface area contributed by atoms with Gasteiger partial charge >= 0.3 is 5.97 Å². The molecule has 6 nitrogen and oxygen atoms in total. The second-order valence-corrected chi connectivity index (χ2v) is 8.36. The summed E-state index contributed by atoms with van der Waals surface area (Å²) in [6.45, 7) is 4.44. The number of carbonyl (C=O) groups is 2. The minimum Gasteiger partial charge on any atom is -0.493 e. The zero-order chi connectivity index (χ0) is 25.2. The highest BCUT2D eigenvalue weighted by atomic mass is 16.5. The Hall–Kier alpha value is -3.64. The zero-order valence-corrected chi connectivity index (χ0v) is 20.4. The van der Waals surface area contributed by atoms with Crippen molar-refractivity contribution in [2.45, 2.75) is 45.3 Å². The highest BCUT2D eigenvalue weighted by Gasteiger charge is 2.18. The fraction of sp³-hybridized carbons (Fsp3) is 0.310. The molecule has 3 rings (SSSR count). The first-order chi connectivity index (χ1) is 16.9. The van der Waals surface area contributed by atoms with Crippen molar-refractivity contribution >= 4 is 11.8 Å². The largest absolute Gasteiger partial charge is 0.493 e. The van der Waals surface area contributed by atoms with Crippen LogP contribution in [0.3, 0.4) is 0 Å². The number of hydrogen-bond donors (Lipinski definition) is 1. The molecule has 0 amide bonds. The van der Waals surface area contributed by atoms with Crippen LogP contribution in [0, 0.1) is 0 Å². The van der Waals surface area contributed by atoms with Crippen LogP contribution in [0.1, 0.15) is 47.3 Å². The van der Waals surface area contributed by atoms with Gasteiger partial charge in [-0.2, -0.15) is 0 Å². The molecular formula is C29H32O6. The smallest absolute Gasteiger partial charge is 0.333 e. The quantitative estimate of drug-likeness (QED) is 0.335. The monoisotopic (exact) mass is 476 g/mol. The van der Waals surface area contributed by atoms with Crippen LogP contribution in [0.2, 0.25) is 0 Å². The first kappa shape index (κ1) is 26.0. The summed E-state index contributed by atoms with van der Waals surface area (Å²) in [7, 11) is 1.39. The molecule has 0 bridgehead atoms. The number of ketones is 1. The average Bonchev–Trinajstić information content (AvgIpc) is 2.88. The summed E-state index contributed by atoms with van der Waals surface area (Å²) in [4.78, 5) is 24.2. The fourth-order valence-corrected chi connectivity index (χ4v) is 3.65. The van der Waals surface area contributed by atoms with E-state index in [9.17, 15) is 9.59 Å². The van der Waals surface area contributed by atoms with Crippen molar-refractivity contribution in [2.24, 2.45) is 0 Å². The topological polar surface area (TPSA) is 82.1 Å². The van der Waals surface area contributed by atoms with E-state index >= 15 is 0 Å². The van der Waals surface area contributed by atoms with Crippen molar-refractivity contribution in [3.05, 3.63) is 95.1 Å². The van der Waals surface area contributed by atoms with Crippen molar-refractivity contribution in [2.75, 3.05) is 13.7 Å². The van der Waals surface area contributed by atoms with Crippen LogP contribution >= 0.6 is 0 Å². The Kier molecular flexibility index (Phi) is 9.44. The number of aliphatic carboxylic acids is 1. The number of rotatable bonds is 13. The number of methoxy groups -OCH3 is 1. The highest BCUT2D eigenvalue weighted by Crippen LogP contribution is 2.25. The number of carboxylic acids is 1. The van der Waals surface area contributed by atoms with Gasteiger partial charge < -0.3 is 19.3 Å². The molecule has 3 aromatic rings. The molecule has 35 heavy (non-hydrogen) atoms. The van der Waals surface area contributed by atoms with Gasteiger partial charge in [-0.3, -0.25) is 4.79 Å². The van der Waals surface area contributed by atoms with Gasteiger partial charge in [0.25, 0.3) is 0 Å². The van der Waals surface area contributed by atoms with E-state index in [4.69, 9.17) is 19.3 Å². The molecule has 1 N–H and O–H groups in total. The van der Waals surface area contributed by atoms with Crippen molar-refractivity contribution in [3.8, 4) is 11.5 Å². The van der Waals surface area contributed by atoms with Gasteiger partial charge in [-0.1, -0.05) is 55.5 Å². The second-order valence-electron chi connectivity index (χ2n) is 8.36. The molecule has 0 aliphatic carbocycles. The molecule has 0 saturated heterocycles. The zero-order valence-electron chi connectivity index (χ0n) is 20.4. The van der Waals surface area contributed by atoms with E-state index < -0.39 is 12.1 Å². The minimum absolute atomic E-state index is 0.0574. The van der Waals surface area contributed by atoms with Crippen molar-refractivity contribution in [3.63, 3.8) is 0 Å². The number of carboxylic acid groups (broad SMARTS) is 1. The third-order valence-corrected chi connectivity index (χ3v) is 5.76. The molecule has 0 aliphatic heterocycles. The Labute approximate surface area is 206 Å². The maximum atomic E-state index is 13.1. The summed E-state index contributed by atoms with van der Waals surface area (Å²) < 4.78 is 17.0. The van der Waals surface area contributed by atoms with Gasteiger partial charge in [-0.05, 0) is 48.7 Å². The molecule has 0 aromatic heterocycles. The van der Waals surface area contributed by atoms with Gasteiger partial charge in [0.15, 0.2) is 11.9 Å². The maximum Gasteiger partial charge on any atom is 0.333 e. The lowest BCUT2D eigenvalue weighted by Crippen LogP contribution is -2.24. The third-order valence-electron chi connectivity index (χ3n) is 5.76. The van der Waals surface area contributed by atoms with Gasteiger partial charge in [0.1, 0.15) is 11.5 Å². The summed E-state index contributed by atoms with van der Waals surface area (Å²) in [5.41, 5.74) is 3.13. The van der Waals surface area contributed by atoms with Crippen LogP contribution in [0.15, 0.2) is 72.8 Å². The lowest BCUT2D eigenvalue weighted by molar-refractivity contribution is -0.148. The number of hydrogen-bond acceptors (Lipinski definition) is 5. The van der Waals surface area contributed by atoms with Crippen molar-refractivity contribution < 1.29 is 28.9 Å². The number of ether oxygens (including phenoxy) is 3. The Bertz CT molecular complexity index is 1110. The van der Waals surface area contributed by atoms with Crippen LogP contribution in [-0.4, -0.2) is 42.8 Å². The fourth-order valence-electron chi connectivity index (χ4n) is 3.65. The molecule has 3 aromatic carbocycles. The lowest BCUT2D eigenvalue weighted by Gasteiger charge is -2.18. The number of carbonyl (C=O) groups excluding carboxylic acids is 1. The van der Waals surface area contributed by atoms with E-state index in [1.807, 2.05) is 79.7 Å². The summed E-state index contributed by atoms with van der Waals surface area (Å²) in [6, 6.07) is 22.3.